The fourth-order valence-electron chi connectivity index (χ4n) is 2.64. The van der Waals surface area contributed by atoms with Crippen LogP contribution in [-0.2, 0) is 4.79 Å². The molecule has 0 spiro atoms. The molecule has 0 bridgehead atoms. The summed E-state index contributed by atoms with van der Waals surface area (Å²) in [5.41, 5.74) is 0. The summed E-state index contributed by atoms with van der Waals surface area (Å²) < 4.78 is 0. The van der Waals surface area contributed by atoms with Gasteiger partial charge in [-0.3, -0.25) is 4.79 Å². The third-order valence-corrected chi connectivity index (χ3v) is 5.11. The van der Waals surface area contributed by atoms with Crippen LogP contribution in [0.3, 0.4) is 0 Å². The molecule has 18 heavy (non-hydrogen) atoms. The zero-order chi connectivity index (χ0) is 13.4. The number of carbonyl (C=O) groups is 1. The minimum Gasteiger partial charge on any atom is -0.343 e. The normalized spacial score (nSPS) is 23.9. The zero-order valence-electron chi connectivity index (χ0n) is 12.1. The lowest BCUT2D eigenvalue weighted by atomic mass is 9.95. The average molecular weight is 272 g/mol. The molecule has 0 heterocycles. The highest BCUT2D eigenvalue weighted by Crippen LogP contribution is 2.28. The van der Waals surface area contributed by atoms with Crippen molar-refractivity contribution >= 4 is 17.7 Å². The smallest absolute Gasteiger partial charge is 0.232 e. The topological polar surface area (TPSA) is 32.3 Å². The molecule has 1 aliphatic rings. The molecule has 3 nitrogen and oxygen atoms in total. The molecule has 1 fully saturated rings. The van der Waals surface area contributed by atoms with Crippen molar-refractivity contribution in [3.05, 3.63) is 0 Å². The van der Waals surface area contributed by atoms with Gasteiger partial charge in [0.25, 0.3) is 0 Å². The molecule has 2 atom stereocenters. The molecular weight excluding hydrogens is 244 g/mol. The van der Waals surface area contributed by atoms with Crippen LogP contribution in [0.2, 0.25) is 0 Å². The number of nitrogens with one attached hydrogen (secondary N) is 1. The molecule has 1 saturated carbocycles. The highest BCUT2D eigenvalue weighted by atomic mass is 32.2. The van der Waals surface area contributed by atoms with E-state index in [4.69, 9.17) is 0 Å². The van der Waals surface area contributed by atoms with Gasteiger partial charge in [-0.2, -0.15) is 0 Å². The van der Waals surface area contributed by atoms with Crippen LogP contribution in [0.4, 0.5) is 0 Å². The lowest BCUT2D eigenvalue weighted by molar-refractivity contribution is -0.127. The Labute approximate surface area is 116 Å². The standard InChI is InChI=1S/C14H28N2OS/c1-4-15-12-9-7-8-10-13(12)18-11-14(17)16(5-2)6-3/h12-13,15H,4-11H2,1-3H3. The summed E-state index contributed by atoms with van der Waals surface area (Å²) in [6, 6.07) is 0.609. The lowest BCUT2D eigenvalue weighted by Crippen LogP contribution is -2.41. The number of nitrogens with zero attached hydrogens (tertiary/aromatic N) is 1. The number of hydrogen-bond donors (Lipinski definition) is 1. The highest BCUT2D eigenvalue weighted by molar-refractivity contribution is 8.00. The van der Waals surface area contributed by atoms with E-state index in [2.05, 4.69) is 12.2 Å². The van der Waals surface area contributed by atoms with Gasteiger partial charge in [0.1, 0.15) is 0 Å². The number of rotatable bonds is 7. The maximum absolute atomic E-state index is 12.0. The number of amides is 1. The van der Waals surface area contributed by atoms with E-state index in [9.17, 15) is 4.79 Å². The minimum absolute atomic E-state index is 0.297. The van der Waals surface area contributed by atoms with Gasteiger partial charge in [0.2, 0.25) is 5.91 Å². The van der Waals surface area contributed by atoms with E-state index in [1.165, 1.54) is 25.7 Å². The van der Waals surface area contributed by atoms with Crippen molar-refractivity contribution in [1.82, 2.24) is 10.2 Å². The molecule has 1 aliphatic carbocycles. The van der Waals surface area contributed by atoms with Crippen LogP contribution in [0.15, 0.2) is 0 Å². The van der Waals surface area contributed by atoms with Gasteiger partial charge in [-0.1, -0.05) is 19.8 Å². The van der Waals surface area contributed by atoms with Crippen molar-refractivity contribution in [2.75, 3.05) is 25.4 Å². The number of thioether (sulfide) groups is 1. The van der Waals surface area contributed by atoms with Gasteiger partial charge in [-0.15, -0.1) is 11.8 Å². The SMILES string of the molecule is CCNC1CCCCC1SCC(=O)N(CC)CC. The van der Waals surface area contributed by atoms with Crippen LogP contribution in [0.5, 0.6) is 0 Å². The van der Waals surface area contributed by atoms with Crippen molar-refractivity contribution in [2.45, 2.75) is 57.7 Å². The Morgan fingerprint density at radius 2 is 1.89 bits per heavy atom. The lowest BCUT2D eigenvalue weighted by Gasteiger charge is -2.32. The van der Waals surface area contributed by atoms with Crippen molar-refractivity contribution in [2.24, 2.45) is 0 Å². The van der Waals surface area contributed by atoms with Gasteiger partial charge in [0.15, 0.2) is 0 Å². The molecule has 0 radical (unpaired) electrons. The monoisotopic (exact) mass is 272 g/mol. The van der Waals surface area contributed by atoms with E-state index in [1.54, 1.807) is 0 Å². The second-order valence-corrected chi connectivity index (χ2v) is 6.09. The predicted octanol–water partition coefficient (Wildman–Crippen LogP) is 2.51. The third kappa shape index (κ3) is 4.81. The van der Waals surface area contributed by atoms with Crippen molar-refractivity contribution < 1.29 is 4.79 Å². The number of carbonyl (C=O) groups excluding carboxylic acids is 1. The first kappa shape index (κ1) is 15.8. The van der Waals surface area contributed by atoms with E-state index >= 15 is 0 Å². The van der Waals surface area contributed by atoms with Gasteiger partial charge >= 0.3 is 0 Å². The van der Waals surface area contributed by atoms with Gasteiger partial charge in [-0.05, 0) is 33.2 Å². The maximum atomic E-state index is 12.0. The zero-order valence-corrected chi connectivity index (χ0v) is 12.9. The average Bonchev–Trinajstić information content (AvgIpc) is 2.39. The van der Waals surface area contributed by atoms with Gasteiger partial charge in [-0.25, -0.2) is 0 Å². The van der Waals surface area contributed by atoms with E-state index in [-0.39, 0.29) is 0 Å². The molecule has 2 unspecified atom stereocenters. The molecule has 0 saturated heterocycles. The number of hydrogen-bond acceptors (Lipinski definition) is 3. The molecule has 1 N–H and O–H groups in total. The Hall–Kier alpha value is -0.220. The predicted molar refractivity (Wildman–Crippen MR) is 80.1 cm³/mol. The first-order valence-corrected chi connectivity index (χ1v) is 8.40. The molecule has 0 aliphatic heterocycles. The van der Waals surface area contributed by atoms with E-state index in [1.807, 2.05) is 30.5 Å². The van der Waals surface area contributed by atoms with Crippen molar-refractivity contribution in [3.8, 4) is 0 Å². The van der Waals surface area contributed by atoms with Crippen molar-refractivity contribution in [3.63, 3.8) is 0 Å². The fourth-order valence-corrected chi connectivity index (χ4v) is 3.98. The summed E-state index contributed by atoms with van der Waals surface area (Å²) in [5.74, 6) is 0.944. The van der Waals surface area contributed by atoms with Crippen molar-refractivity contribution in [1.29, 1.82) is 0 Å². The summed E-state index contributed by atoms with van der Waals surface area (Å²) in [4.78, 5) is 13.9. The Balaban J connectivity index is 2.37. The van der Waals surface area contributed by atoms with Crippen LogP contribution < -0.4 is 5.32 Å². The molecule has 4 heteroatoms. The van der Waals surface area contributed by atoms with Crippen LogP contribution in [0.1, 0.15) is 46.5 Å². The fraction of sp³-hybridized carbons (Fsp3) is 0.929. The molecule has 1 rings (SSSR count). The van der Waals surface area contributed by atoms with Crippen LogP contribution >= 0.6 is 11.8 Å². The summed E-state index contributed by atoms with van der Waals surface area (Å²) in [6.45, 7) is 8.96. The second kappa shape index (κ2) is 8.81. The molecule has 0 aromatic heterocycles. The molecule has 0 aromatic carbocycles. The Kier molecular flexibility index (Phi) is 7.75. The minimum atomic E-state index is 0.297. The Morgan fingerprint density at radius 1 is 1.22 bits per heavy atom. The summed E-state index contributed by atoms with van der Waals surface area (Å²) in [5, 5.41) is 4.19. The van der Waals surface area contributed by atoms with Crippen LogP contribution in [-0.4, -0.2) is 47.5 Å². The quantitative estimate of drug-likeness (QED) is 0.773. The van der Waals surface area contributed by atoms with E-state index < -0.39 is 0 Å². The summed E-state index contributed by atoms with van der Waals surface area (Å²) in [6.07, 6.45) is 5.18. The second-order valence-electron chi connectivity index (χ2n) is 4.86. The summed E-state index contributed by atoms with van der Waals surface area (Å²) in [7, 11) is 0. The van der Waals surface area contributed by atoms with Crippen LogP contribution in [0, 0.1) is 0 Å². The first-order chi connectivity index (χ1) is 8.72. The molecule has 0 aromatic rings. The maximum Gasteiger partial charge on any atom is 0.232 e. The molecule has 106 valence electrons. The third-order valence-electron chi connectivity index (χ3n) is 3.71. The van der Waals surface area contributed by atoms with E-state index in [0.717, 1.165) is 19.6 Å². The first-order valence-electron chi connectivity index (χ1n) is 7.35. The molecular formula is C14H28N2OS. The highest BCUT2D eigenvalue weighted by Gasteiger charge is 2.25. The van der Waals surface area contributed by atoms with E-state index in [0.29, 0.717) is 23.0 Å². The Morgan fingerprint density at radius 3 is 2.50 bits per heavy atom. The Bertz CT molecular complexity index is 242. The van der Waals surface area contributed by atoms with Crippen LogP contribution in [0.25, 0.3) is 0 Å². The van der Waals surface area contributed by atoms with Gasteiger partial charge in [0, 0.05) is 24.4 Å². The largest absolute Gasteiger partial charge is 0.343 e. The molecule has 1 amide bonds. The van der Waals surface area contributed by atoms with Gasteiger partial charge in [0.05, 0.1) is 5.75 Å². The summed E-state index contributed by atoms with van der Waals surface area (Å²) >= 11 is 1.86. The van der Waals surface area contributed by atoms with Gasteiger partial charge < -0.3 is 10.2 Å².